The fourth-order valence-electron chi connectivity index (χ4n) is 5.52. The quantitative estimate of drug-likeness (QED) is 0.569. The van der Waals surface area contributed by atoms with Gasteiger partial charge < -0.3 is 9.64 Å². The summed E-state index contributed by atoms with van der Waals surface area (Å²) < 4.78 is 5.74. The van der Waals surface area contributed by atoms with Gasteiger partial charge in [0.1, 0.15) is 6.10 Å². The summed E-state index contributed by atoms with van der Waals surface area (Å²) in [6.07, 6.45) is 7.91. The summed E-state index contributed by atoms with van der Waals surface area (Å²) in [6.45, 7) is 6.73. The zero-order valence-electron chi connectivity index (χ0n) is 15.4. The second-order valence-electron chi connectivity index (χ2n) is 8.35. The minimum Gasteiger partial charge on any atom is -0.459 e. The SMILES string of the molecule is C/C=C(\C)C(=O)O[C@H]1CCN2C[C@@H]3C[C@@H](CN4C(=O)CCC[C@H]34)[C@@H]2C1. The van der Waals surface area contributed by atoms with E-state index >= 15 is 0 Å². The normalized spacial score (nSPS) is 38.8. The molecule has 0 unspecified atom stereocenters. The number of hydrogen-bond acceptors (Lipinski definition) is 4. The molecule has 5 nitrogen and oxygen atoms in total. The molecule has 2 bridgehead atoms. The summed E-state index contributed by atoms with van der Waals surface area (Å²) in [5.74, 6) is 1.37. The van der Waals surface area contributed by atoms with Crippen molar-refractivity contribution in [2.75, 3.05) is 19.6 Å². The third-order valence-corrected chi connectivity index (χ3v) is 6.95. The van der Waals surface area contributed by atoms with Crippen LogP contribution >= 0.6 is 0 Å². The molecule has 4 saturated heterocycles. The monoisotopic (exact) mass is 346 g/mol. The number of esters is 1. The number of hydrogen-bond donors (Lipinski definition) is 0. The lowest BCUT2D eigenvalue weighted by molar-refractivity contribution is -0.156. The number of fused-ring (bicyclic) bond motifs is 6. The van der Waals surface area contributed by atoms with Crippen molar-refractivity contribution < 1.29 is 14.3 Å². The molecule has 25 heavy (non-hydrogen) atoms. The molecule has 4 rings (SSSR count). The topological polar surface area (TPSA) is 49.9 Å². The number of carbonyl (C=O) groups is 2. The summed E-state index contributed by atoms with van der Waals surface area (Å²) in [5.41, 5.74) is 0.686. The van der Waals surface area contributed by atoms with E-state index in [0.717, 1.165) is 45.3 Å². The van der Waals surface area contributed by atoms with Gasteiger partial charge in [-0.2, -0.15) is 0 Å². The Bertz CT molecular complexity index is 587. The molecule has 0 aromatic rings. The first-order valence-corrected chi connectivity index (χ1v) is 9.94. The Kier molecular flexibility index (Phi) is 4.61. The van der Waals surface area contributed by atoms with E-state index in [9.17, 15) is 9.59 Å². The van der Waals surface area contributed by atoms with Crippen LogP contribution in [0.5, 0.6) is 0 Å². The van der Waals surface area contributed by atoms with Crippen molar-refractivity contribution in [3.8, 4) is 0 Å². The molecule has 0 radical (unpaired) electrons. The Hall–Kier alpha value is -1.36. The van der Waals surface area contributed by atoms with Crippen LogP contribution in [-0.2, 0) is 14.3 Å². The van der Waals surface area contributed by atoms with E-state index in [0.29, 0.717) is 35.4 Å². The van der Waals surface area contributed by atoms with Crippen LogP contribution in [0, 0.1) is 11.8 Å². The number of amides is 1. The number of carbonyl (C=O) groups excluding carboxylic acids is 2. The van der Waals surface area contributed by atoms with E-state index in [2.05, 4.69) is 9.80 Å². The number of rotatable bonds is 2. The zero-order chi connectivity index (χ0) is 17.6. The highest BCUT2D eigenvalue weighted by molar-refractivity contribution is 5.87. The fraction of sp³-hybridized carbons (Fsp3) is 0.800. The van der Waals surface area contributed by atoms with Gasteiger partial charge in [-0.3, -0.25) is 9.69 Å². The zero-order valence-corrected chi connectivity index (χ0v) is 15.4. The third-order valence-electron chi connectivity index (χ3n) is 6.95. The van der Waals surface area contributed by atoms with Gasteiger partial charge in [0.05, 0.1) is 0 Å². The predicted octanol–water partition coefficient (Wildman–Crippen LogP) is 2.36. The lowest BCUT2D eigenvalue weighted by Gasteiger charge is -2.57. The molecule has 4 aliphatic rings. The fourth-order valence-corrected chi connectivity index (χ4v) is 5.52. The number of allylic oxidation sites excluding steroid dienone is 1. The molecule has 4 heterocycles. The molecule has 5 atom stereocenters. The van der Waals surface area contributed by atoms with Crippen molar-refractivity contribution in [2.24, 2.45) is 11.8 Å². The number of piperidine rings is 4. The molecular formula is C20H30N2O3. The van der Waals surface area contributed by atoms with Gasteiger partial charge >= 0.3 is 5.97 Å². The molecule has 5 heteroatoms. The summed E-state index contributed by atoms with van der Waals surface area (Å²) in [6, 6.07) is 0.940. The molecule has 4 fully saturated rings. The van der Waals surface area contributed by atoms with Gasteiger partial charge in [0.15, 0.2) is 0 Å². The molecule has 1 amide bonds. The minimum atomic E-state index is -0.176. The molecule has 0 N–H and O–H groups in total. The van der Waals surface area contributed by atoms with Crippen LogP contribution in [0.4, 0.5) is 0 Å². The second-order valence-corrected chi connectivity index (χ2v) is 8.35. The van der Waals surface area contributed by atoms with E-state index in [1.807, 2.05) is 19.9 Å². The van der Waals surface area contributed by atoms with Crippen molar-refractivity contribution >= 4 is 11.9 Å². The van der Waals surface area contributed by atoms with Crippen molar-refractivity contribution in [1.82, 2.24) is 9.80 Å². The average molecular weight is 346 g/mol. The van der Waals surface area contributed by atoms with Crippen LogP contribution in [0.15, 0.2) is 11.6 Å². The van der Waals surface area contributed by atoms with Crippen molar-refractivity contribution in [3.63, 3.8) is 0 Å². The maximum atomic E-state index is 12.4. The Morgan fingerprint density at radius 3 is 2.76 bits per heavy atom. The maximum Gasteiger partial charge on any atom is 0.333 e. The van der Waals surface area contributed by atoms with E-state index in [1.54, 1.807) is 0 Å². The van der Waals surface area contributed by atoms with Gasteiger partial charge in [-0.1, -0.05) is 6.08 Å². The molecule has 138 valence electrons. The van der Waals surface area contributed by atoms with Gasteiger partial charge in [-0.05, 0) is 51.4 Å². The lowest BCUT2D eigenvalue weighted by Crippen LogP contribution is -2.65. The van der Waals surface area contributed by atoms with Crippen LogP contribution in [-0.4, -0.2) is 59.5 Å². The van der Waals surface area contributed by atoms with Crippen molar-refractivity contribution in [1.29, 1.82) is 0 Å². The van der Waals surface area contributed by atoms with Gasteiger partial charge in [0.25, 0.3) is 0 Å². The Balaban J connectivity index is 1.44. The maximum absolute atomic E-state index is 12.4. The predicted molar refractivity (Wildman–Crippen MR) is 94.9 cm³/mol. The molecule has 0 spiro atoms. The van der Waals surface area contributed by atoms with E-state index < -0.39 is 0 Å². The van der Waals surface area contributed by atoms with Gasteiger partial charge in [-0.25, -0.2) is 4.79 Å². The molecule has 0 aliphatic carbocycles. The first kappa shape index (κ1) is 17.1. The number of ether oxygens (including phenoxy) is 1. The first-order valence-electron chi connectivity index (χ1n) is 9.94. The highest BCUT2D eigenvalue weighted by Crippen LogP contribution is 2.43. The highest BCUT2D eigenvalue weighted by atomic mass is 16.5. The lowest BCUT2D eigenvalue weighted by atomic mass is 9.70. The molecular weight excluding hydrogens is 316 g/mol. The van der Waals surface area contributed by atoms with Crippen LogP contribution in [0.1, 0.15) is 52.4 Å². The largest absolute Gasteiger partial charge is 0.459 e. The summed E-state index contributed by atoms with van der Waals surface area (Å²) in [5, 5.41) is 0. The first-order chi connectivity index (χ1) is 12.1. The Labute approximate surface area is 150 Å². The van der Waals surface area contributed by atoms with Crippen LogP contribution < -0.4 is 0 Å². The summed E-state index contributed by atoms with van der Waals surface area (Å²) in [7, 11) is 0. The van der Waals surface area contributed by atoms with E-state index in [1.165, 1.54) is 12.8 Å². The van der Waals surface area contributed by atoms with Gasteiger partial charge in [0, 0.05) is 50.1 Å². The standard InChI is InChI=1S/C20H30N2O3/c1-3-13(2)20(24)25-16-7-8-21-11-14-9-15(18(21)10-16)12-22-17(14)5-4-6-19(22)23/h3,14-18H,4-12H2,1-2H3/b13-3+/t14-,15-,16-,17+,18-/m0/s1. The Morgan fingerprint density at radius 2 is 1.96 bits per heavy atom. The summed E-state index contributed by atoms with van der Waals surface area (Å²) >= 11 is 0. The number of nitrogens with zero attached hydrogens (tertiary/aromatic N) is 2. The van der Waals surface area contributed by atoms with Crippen LogP contribution in [0.25, 0.3) is 0 Å². The minimum absolute atomic E-state index is 0.0231. The highest BCUT2D eigenvalue weighted by Gasteiger charge is 2.49. The summed E-state index contributed by atoms with van der Waals surface area (Å²) in [4.78, 5) is 29.3. The van der Waals surface area contributed by atoms with Gasteiger partial charge in [-0.15, -0.1) is 0 Å². The smallest absolute Gasteiger partial charge is 0.333 e. The van der Waals surface area contributed by atoms with Gasteiger partial charge in [0.2, 0.25) is 5.91 Å². The molecule has 0 saturated carbocycles. The van der Waals surface area contributed by atoms with E-state index in [4.69, 9.17) is 4.74 Å². The molecule has 0 aromatic carbocycles. The Morgan fingerprint density at radius 1 is 1.16 bits per heavy atom. The van der Waals surface area contributed by atoms with Crippen LogP contribution in [0.3, 0.4) is 0 Å². The molecule has 0 aromatic heterocycles. The molecule has 4 aliphatic heterocycles. The third kappa shape index (κ3) is 3.12. The van der Waals surface area contributed by atoms with Crippen molar-refractivity contribution in [3.05, 3.63) is 11.6 Å². The second kappa shape index (κ2) is 6.75. The van der Waals surface area contributed by atoms with Crippen LogP contribution in [0.2, 0.25) is 0 Å². The van der Waals surface area contributed by atoms with E-state index in [-0.39, 0.29) is 12.1 Å². The van der Waals surface area contributed by atoms with Crippen molar-refractivity contribution in [2.45, 2.75) is 70.6 Å². The average Bonchev–Trinajstić information content (AvgIpc) is 2.62.